The van der Waals surface area contributed by atoms with Gasteiger partial charge in [-0.3, -0.25) is 19.7 Å². The van der Waals surface area contributed by atoms with Crippen LogP contribution in [0.1, 0.15) is 24.1 Å². The third-order valence-electron chi connectivity index (χ3n) is 4.90. The lowest BCUT2D eigenvalue weighted by Gasteiger charge is -2.25. The lowest BCUT2D eigenvalue weighted by atomic mass is 10.1. The number of rotatable bonds is 4. The molecular weight excluding hydrogens is 288 g/mol. The Morgan fingerprint density at radius 3 is 2.83 bits per heavy atom. The molecule has 0 radical (unpaired) electrons. The maximum Gasteiger partial charge on any atom is 0.224 e. The van der Waals surface area contributed by atoms with Crippen molar-refractivity contribution in [3.05, 3.63) is 60.2 Å². The van der Waals surface area contributed by atoms with E-state index in [-0.39, 0.29) is 5.91 Å². The van der Waals surface area contributed by atoms with E-state index < -0.39 is 0 Å². The summed E-state index contributed by atoms with van der Waals surface area (Å²) >= 11 is 0. The lowest BCUT2D eigenvalue weighted by Crippen LogP contribution is -2.36. The van der Waals surface area contributed by atoms with Crippen LogP contribution in [0.25, 0.3) is 0 Å². The Labute approximate surface area is 136 Å². The highest BCUT2D eigenvalue weighted by Crippen LogP contribution is 2.34. The van der Waals surface area contributed by atoms with Crippen LogP contribution in [0.4, 0.5) is 0 Å². The summed E-state index contributed by atoms with van der Waals surface area (Å²) in [6.07, 6.45) is 7.11. The van der Waals surface area contributed by atoms with Crippen molar-refractivity contribution < 1.29 is 4.79 Å². The van der Waals surface area contributed by atoms with Gasteiger partial charge in [-0.1, -0.05) is 12.1 Å². The van der Waals surface area contributed by atoms with Crippen LogP contribution >= 0.6 is 0 Å². The summed E-state index contributed by atoms with van der Waals surface area (Å²) in [6.45, 7) is 2.53. The summed E-state index contributed by atoms with van der Waals surface area (Å²) in [5, 5.41) is 0. The third-order valence-corrected chi connectivity index (χ3v) is 4.90. The maximum atomic E-state index is 12.5. The first-order chi connectivity index (χ1) is 11.3. The van der Waals surface area contributed by atoms with E-state index in [0.29, 0.717) is 25.0 Å². The molecule has 2 fully saturated rings. The molecule has 5 heteroatoms. The number of nitrogens with zero attached hydrogens (tertiary/aromatic N) is 4. The molecule has 5 nitrogen and oxygen atoms in total. The van der Waals surface area contributed by atoms with Gasteiger partial charge in [0, 0.05) is 56.7 Å². The zero-order valence-corrected chi connectivity index (χ0v) is 13.0. The van der Waals surface area contributed by atoms with Gasteiger partial charge in [-0.2, -0.15) is 0 Å². The van der Waals surface area contributed by atoms with Crippen LogP contribution in [0, 0.1) is 0 Å². The van der Waals surface area contributed by atoms with Gasteiger partial charge in [-0.15, -0.1) is 0 Å². The Morgan fingerprint density at radius 2 is 2.04 bits per heavy atom. The lowest BCUT2D eigenvalue weighted by molar-refractivity contribution is -0.129. The molecule has 2 aromatic heterocycles. The number of amides is 1. The molecule has 0 unspecified atom stereocenters. The molecule has 4 heterocycles. The number of likely N-dealkylation sites (tertiary alicyclic amines) is 2. The predicted octanol–water partition coefficient (Wildman–Crippen LogP) is 1.85. The quantitative estimate of drug-likeness (QED) is 0.865. The van der Waals surface area contributed by atoms with E-state index in [1.807, 2.05) is 41.6 Å². The second-order valence-electron chi connectivity index (χ2n) is 6.30. The van der Waals surface area contributed by atoms with Crippen LogP contribution in [0.3, 0.4) is 0 Å². The first-order valence-electron chi connectivity index (χ1n) is 8.13. The Morgan fingerprint density at radius 1 is 1.09 bits per heavy atom. The van der Waals surface area contributed by atoms with Crippen LogP contribution < -0.4 is 0 Å². The minimum Gasteiger partial charge on any atom is -0.334 e. The highest BCUT2D eigenvalue weighted by atomic mass is 16.2. The SMILES string of the molecule is O=C1C[C@@H]2[C@H](CCN2Cc2ccccn2)N1Cc1cccnc1. The molecule has 1 amide bonds. The molecule has 2 aromatic rings. The molecule has 2 aliphatic heterocycles. The van der Waals surface area contributed by atoms with Crippen LogP contribution in [-0.4, -0.2) is 44.3 Å². The molecule has 0 N–H and O–H groups in total. The number of carbonyl (C=O) groups excluding carboxylic acids is 1. The van der Waals surface area contributed by atoms with E-state index >= 15 is 0 Å². The summed E-state index contributed by atoms with van der Waals surface area (Å²) in [4.78, 5) is 25.5. The summed E-state index contributed by atoms with van der Waals surface area (Å²) < 4.78 is 0. The second-order valence-corrected chi connectivity index (χ2v) is 6.30. The molecule has 0 spiro atoms. The molecule has 2 atom stereocenters. The third kappa shape index (κ3) is 2.84. The molecule has 118 valence electrons. The molecule has 0 aliphatic carbocycles. The molecule has 2 saturated heterocycles. The Hall–Kier alpha value is -2.27. The fourth-order valence-electron chi connectivity index (χ4n) is 3.80. The van der Waals surface area contributed by atoms with Gasteiger partial charge >= 0.3 is 0 Å². The molecule has 2 aliphatic rings. The second kappa shape index (κ2) is 6.08. The predicted molar refractivity (Wildman–Crippen MR) is 86.2 cm³/mol. The van der Waals surface area contributed by atoms with Crippen molar-refractivity contribution in [2.75, 3.05) is 6.54 Å². The van der Waals surface area contributed by atoms with E-state index in [1.54, 1.807) is 6.20 Å². The normalized spacial score (nSPS) is 24.2. The van der Waals surface area contributed by atoms with Gasteiger partial charge in [0.25, 0.3) is 0 Å². The zero-order valence-electron chi connectivity index (χ0n) is 13.0. The number of carbonyl (C=O) groups is 1. The Kier molecular flexibility index (Phi) is 3.79. The van der Waals surface area contributed by atoms with Gasteiger partial charge in [-0.05, 0) is 30.2 Å². The van der Waals surface area contributed by atoms with E-state index in [4.69, 9.17) is 0 Å². The minimum atomic E-state index is 0.259. The average Bonchev–Trinajstić information content (AvgIpc) is 3.10. The zero-order chi connectivity index (χ0) is 15.6. The van der Waals surface area contributed by atoms with Gasteiger partial charge in [0.2, 0.25) is 5.91 Å². The highest BCUT2D eigenvalue weighted by Gasteiger charge is 2.46. The van der Waals surface area contributed by atoms with Crippen molar-refractivity contribution in [1.82, 2.24) is 19.8 Å². The van der Waals surface area contributed by atoms with E-state index in [9.17, 15) is 4.79 Å². The number of pyridine rings is 2. The van der Waals surface area contributed by atoms with Gasteiger partial charge < -0.3 is 4.90 Å². The average molecular weight is 308 g/mol. The summed E-state index contributed by atoms with van der Waals surface area (Å²) in [5.41, 5.74) is 2.18. The van der Waals surface area contributed by atoms with Crippen LogP contribution in [0.2, 0.25) is 0 Å². The van der Waals surface area contributed by atoms with Crippen molar-refractivity contribution >= 4 is 5.91 Å². The molecule has 0 saturated carbocycles. The fourth-order valence-corrected chi connectivity index (χ4v) is 3.80. The molecule has 23 heavy (non-hydrogen) atoms. The summed E-state index contributed by atoms with van der Waals surface area (Å²) in [5.74, 6) is 0.259. The molecule has 4 rings (SSSR count). The van der Waals surface area contributed by atoms with E-state index in [2.05, 4.69) is 20.9 Å². The maximum absolute atomic E-state index is 12.5. The number of fused-ring (bicyclic) bond motifs is 1. The van der Waals surface area contributed by atoms with Crippen molar-refractivity contribution in [2.24, 2.45) is 0 Å². The van der Waals surface area contributed by atoms with Crippen molar-refractivity contribution in [3.8, 4) is 0 Å². The van der Waals surface area contributed by atoms with Crippen molar-refractivity contribution in [2.45, 2.75) is 38.0 Å². The van der Waals surface area contributed by atoms with Crippen molar-refractivity contribution in [3.63, 3.8) is 0 Å². The van der Waals surface area contributed by atoms with Gasteiger partial charge in [-0.25, -0.2) is 0 Å². The summed E-state index contributed by atoms with van der Waals surface area (Å²) in [6, 6.07) is 10.6. The topological polar surface area (TPSA) is 49.3 Å². The Bertz CT molecular complexity index is 676. The van der Waals surface area contributed by atoms with Gasteiger partial charge in [0.1, 0.15) is 0 Å². The van der Waals surface area contributed by atoms with Crippen molar-refractivity contribution in [1.29, 1.82) is 0 Å². The molecule has 0 bridgehead atoms. The smallest absolute Gasteiger partial charge is 0.224 e. The number of hydrogen-bond donors (Lipinski definition) is 0. The van der Waals surface area contributed by atoms with Gasteiger partial charge in [0.05, 0.1) is 5.69 Å². The minimum absolute atomic E-state index is 0.259. The summed E-state index contributed by atoms with van der Waals surface area (Å²) in [7, 11) is 0. The van der Waals surface area contributed by atoms with Gasteiger partial charge in [0.15, 0.2) is 0 Å². The standard InChI is InChI=1S/C18H20N4O/c23-18-10-17-16(22(18)12-14-4-3-7-19-11-14)6-9-21(17)13-15-5-1-2-8-20-15/h1-5,7-8,11,16-17H,6,9-10,12-13H2/t16-,17+/m0/s1. The monoisotopic (exact) mass is 308 g/mol. The van der Waals surface area contributed by atoms with E-state index in [0.717, 1.165) is 30.8 Å². The highest BCUT2D eigenvalue weighted by molar-refractivity contribution is 5.80. The largest absolute Gasteiger partial charge is 0.334 e. The van der Waals surface area contributed by atoms with Crippen LogP contribution in [0.15, 0.2) is 48.9 Å². The Balaban J connectivity index is 1.47. The van der Waals surface area contributed by atoms with Crippen LogP contribution in [0.5, 0.6) is 0 Å². The number of aromatic nitrogens is 2. The fraction of sp³-hybridized carbons (Fsp3) is 0.389. The number of hydrogen-bond acceptors (Lipinski definition) is 4. The first kappa shape index (κ1) is 14.3. The molecule has 0 aromatic carbocycles. The first-order valence-corrected chi connectivity index (χ1v) is 8.13. The van der Waals surface area contributed by atoms with Crippen LogP contribution in [-0.2, 0) is 17.9 Å². The molecular formula is C18H20N4O. The van der Waals surface area contributed by atoms with E-state index in [1.165, 1.54) is 0 Å².